The molecule has 6 heteroatoms. The number of carbonyl (C=O) groups excluding carboxylic acids is 2. The Kier molecular flexibility index (Phi) is 6.80. The fraction of sp³-hybridized carbons (Fsp3) is 0.231. The van der Waals surface area contributed by atoms with Crippen LogP contribution in [0.1, 0.15) is 29.0 Å². The molecule has 0 radical (unpaired) electrons. The summed E-state index contributed by atoms with van der Waals surface area (Å²) in [7, 11) is 0. The topological polar surface area (TPSA) is 58.6 Å². The Hall–Kier alpha value is -3.67. The number of hydrogen-bond acceptors (Lipinski definition) is 3. The highest BCUT2D eigenvalue weighted by Crippen LogP contribution is 2.28. The number of carbonyl (C=O) groups is 2. The van der Waals surface area contributed by atoms with E-state index in [0.29, 0.717) is 30.8 Å². The molecule has 0 fully saturated rings. The standard InChI is InChI=1S/C26H25FN2O3/c27-22-11-12-24-21(15-22)17-29(26(31)18-32-24)14-13-28-25(30)16-23(19-7-3-1-4-8-19)20-9-5-2-6-10-20/h1-12,15,23H,13-14,16-18H2,(H,28,30). The monoisotopic (exact) mass is 432 g/mol. The van der Waals surface area contributed by atoms with Crippen LogP contribution in [0.15, 0.2) is 78.9 Å². The van der Waals surface area contributed by atoms with Crippen molar-refractivity contribution in [1.29, 1.82) is 0 Å². The molecule has 1 aliphatic rings. The molecule has 4 rings (SSSR count). The molecule has 1 N–H and O–H groups in total. The number of rotatable bonds is 7. The highest BCUT2D eigenvalue weighted by Gasteiger charge is 2.22. The third kappa shape index (κ3) is 5.32. The number of amides is 2. The smallest absolute Gasteiger partial charge is 0.260 e. The number of ether oxygens (including phenoxy) is 1. The predicted molar refractivity (Wildman–Crippen MR) is 120 cm³/mol. The van der Waals surface area contributed by atoms with Gasteiger partial charge in [0.2, 0.25) is 5.91 Å². The number of hydrogen-bond donors (Lipinski definition) is 1. The zero-order chi connectivity index (χ0) is 22.3. The van der Waals surface area contributed by atoms with E-state index >= 15 is 0 Å². The van der Waals surface area contributed by atoms with Crippen molar-refractivity contribution in [2.75, 3.05) is 19.7 Å². The van der Waals surface area contributed by atoms with Crippen molar-refractivity contribution in [1.82, 2.24) is 10.2 Å². The third-order valence-corrected chi connectivity index (χ3v) is 5.58. The maximum atomic E-state index is 13.6. The van der Waals surface area contributed by atoms with E-state index in [1.165, 1.54) is 18.2 Å². The van der Waals surface area contributed by atoms with E-state index in [1.54, 1.807) is 4.90 Å². The minimum Gasteiger partial charge on any atom is -0.483 e. The Morgan fingerprint density at radius 1 is 1.00 bits per heavy atom. The van der Waals surface area contributed by atoms with Gasteiger partial charge in [-0.3, -0.25) is 9.59 Å². The number of nitrogens with zero attached hydrogens (tertiary/aromatic N) is 1. The second-order valence-electron chi connectivity index (χ2n) is 7.78. The summed E-state index contributed by atoms with van der Waals surface area (Å²) in [5.41, 5.74) is 2.77. The number of nitrogens with one attached hydrogen (secondary N) is 1. The summed E-state index contributed by atoms with van der Waals surface area (Å²) in [4.78, 5) is 26.7. The van der Waals surface area contributed by atoms with E-state index in [2.05, 4.69) is 5.32 Å². The van der Waals surface area contributed by atoms with Crippen molar-refractivity contribution in [3.63, 3.8) is 0 Å². The molecule has 5 nitrogen and oxygen atoms in total. The van der Waals surface area contributed by atoms with Gasteiger partial charge in [-0.05, 0) is 29.3 Å². The van der Waals surface area contributed by atoms with Crippen LogP contribution in [-0.4, -0.2) is 36.4 Å². The Bertz CT molecular complexity index is 1030. The van der Waals surface area contributed by atoms with E-state index in [4.69, 9.17) is 4.74 Å². The summed E-state index contributed by atoms with van der Waals surface area (Å²) in [6, 6.07) is 24.1. The molecule has 2 amide bonds. The lowest BCUT2D eigenvalue weighted by Gasteiger charge is -2.21. The van der Waals surface area contributed by atoms with Crippen LogP contribution in [0.2, 0.25) is 0 Å². The first-order valence-corrected chi connectivity index (χ1v) is 10.7. The van der Waals surface area contributed by atoms with Crippen LogP contribution >= 0.6 is 0 Å². The van der Waals surface area contributed by atoms with E-state index in [9.17, 15) is 14.0 Å². The van der Waals surface area contributed by atoms with Crippen molar-refractivity contribution in [3.05, 3.63) is 101 Å². The zero-order valence-corrected chi connectivity index (χ0v) is 17.7. The Labute approximate surface area is 186 Å². The van der Waals surface area contributed by atoms with Gasteiger partial charge in [-0.2, -0.15) is 0 Å². The summed E-state index contributed by atoms with van der Waals surface area (Å²) in [5, 5.41) is 2.93. The SMILES string of the molecule is O=C(CC(c1ccccc1)c1ccccc1)NCCN1Cc2cc(F)ccc2OCC1=O. The molecule has 164 valence electrons. The Morgan fingerprint density at radius 2 is 1.66 bits per heavy atom. The van der Waals surface area contributed by atoms with E-state index in [1.807, 2.05) is 60.7 Å². The largest absolute Gasteiger partial charge is 0.483 e. The van der Waals surface area contributed by atoms with Crippen LogP contribution in [-0.2, 0) is 16.1 Å². The van der Waals surface area contributed by atoms with Crippen LogP contribution in [0.5, 0.6) is 5.75 Å². The zero-order valence-electron chi connectivity index (χ0n) is 17.7. The molecule has 0 atom stereocenters. The first kappa shape index (κ1) is 21.6. The molecule has 0 spiro atoms. The minimum atomic E-state index is -0.372. The Balaban J connectivity index is 1.37. The summed E-state index contributed by atoms with van der Waals surface area (Å²) in [5.74, 6) is -0.196. The molecule has 1 heterocycles. The molecule has 3 aromatic carbocycles. The molecule has 0 aromatic heterocycles. The summed E-state index contributed by atoms with van der Waals surface area (Å²) >= 11 is 0. The second-order valence-corrected chi connectivity index (χ2v) is 7.78. The van der Waals surface area contributed by atoms with Gasteiger partial charge < -0.3 is 15.0 Å². The lowest BCUT2D eigenvalue weighted by atomic mass is 9.88. The number of halogens is 1. The summed E-state index contributed by atoms with van der Waals surface area (Å²) in [6.07, 6.45) is 0.305. The number of benzene rings is 3. The molecular weight excluding hydrogens is 407 g/mol. The maximum absolute atomic E-state index is 13.6. The molecule has 3 aromatic rings. The van der Waals surface area contributed by atoms with Crippen molar-refractivity contribution in [2.24, 2.45) is 0 Å². The van der Waals surface area contributed by atoms with Crippen LogP contribution in [0.4, 0.5) is 4.39 Å². The fourth-order valence-corrected chi connectivity index (χ4v) is 3.93. The molecule has 1 aliphatic heterocycles. The lowest BCUT2D eigenvalue weighted by molar-refractivity contribution is -0.133. The van der Waals surface area contributed by atoms with E-state index in [0.717, 1.165) is 11.1 Å². The van der Waals surface area contributed by atoms with E-state index < -0.39 is 0 Å². The van der Waals surface area contributed by atoms with Crippen LogP contribution in [0.25, 0.3) is 0 Å². The van der Waals surface area contributed by atoms with Gasteiger partial charge in [0.1, 0.15) is 11.6 Å². The molecule has 0 unspecified atom stereocenters. The van der Waals surface area contributed by atoms with Gasteiger partial charge in [-0.1, -0.05) is 60.7 Å². The van der Waals surface area contributed by atoms with Crippen molar-refractivity contribution >= 4 is 11.8 Å². The average Bonchev–Trinajstić information content (AvgIpc) is 2.97. The minimum absolute atomic E-state index is 0.0551. The molecule has 0 bridgehead atoms. The molecular formula is C26H25FN2O3. The van der Waals surface area contributed by atoms with Gasteiger partial charge in [0, 0.05) is 37.5 Å². The van der Waals surface area contributed by atoms with Crippen molar-refractivity contribution in [3.8, 4) is 5.75 Å². The van der Waals surface area contributed by atoms with Gasteiger partial charge in [-0.25, -0.2) is 4.39 Å². The highest BCUT2D eigenvalue weighted by molar-refractivity contribution is 5.79. The number of fused-ring (bicyclic) bond motifs is 1. The second kappa shape index (κ2) is 10.1. The predicted octanol–water partition coefficient (Wildman–Crippen LogP) is 3.89. The van der Waals surface area contributed by atoms with Crippen LogP contribution < -0.4 is 10.1 Å². The van der Waals surface area contributed by atoms with Crippen LogP contribution in [0, 0.1) is 5.82 Å². The van der Waals surface area contributed by atoms with Gasteiger partial charge in [-0.15, -0.1) is 0 Å². The third-order valence-electron chi connectivity index (χ3n) is 5.58. The normalized spacial score (nSPS) is 13.3. The molecule has 32 heavy (non-hydrogen) atoms. The first-order chi connectivity index (χ1) is 15.6. The quantitative estimate of drug-likeness (QED) is 0.616. The average molecular weight is 432 g/mol. The van der Waals surface area contributed by atoms with Crippen molar-refractivity contribution < 1.29 is 18.7 Å². The molecule has 0 aliphatic carbocycles. The lowest BCUT2D eigenvalue weighted by Crippen LogP contribution is -2.39. The molecule has 0 saturated heterocycles. The van der Waals surface area contributed by atoms with Gasteiger partial charge in [0.25, 0.3) is 5.91 Å². The van der Waals surface area contributed by atoms with Crippen molar-refractivity contribution in [2.45, 2.75) is 18.9 Å². The molecule has 0 saturated carbocycles. The summed E-state index contributed by atoms with van der Waals surface area (Å²) < 4.78 is 19.1. The Morgan fingerprint density at radius 3 is 2.31 bits per heavy atom. The van der Waals surface area contributed by atoms with Crippen LogP contribution in [0.3, 0.4) is 0 Å². The summed E-state index contributed by atoms with van der Waals surface area (Å²) in [6.45, 7) is 0.784. The highest BCUT2D eigenvalue weighted by atomic mass is 19.1. The first-order valence-electron chi connectivity index (χ1n) is 10.7. The van der Waals surface area contributed by atoms with Gasteiger partial charge >= 0.3 is 0 Å². The fourth-order valence-electron chi connectivity index (χ4n) is 3.93. The van der Waals surface area contributed by atoms with E-state index in [-0.39, 0.29) is 36.7 Å². The van der Waals surface area contributed by atoms with Gasteiger partial charge in [0.05, 0.1) is 0 Å². The maximum Gasteiger partial charge on any atom is 0.260 e. The van der Waals surface area contributed by atoms with Gasteiger partial charge in [0.15, 0.2) is 6.61 Å².